The Morgan fingerprint density at radius 3 is 1.70 bits per heavy atom. The van der Waals surface area contributed by atoms with Gasteiger partial charge in [-0.1, -0.05) is 78.2 Å². The Bertz CT molecular complexity index is 325. The number of esters is 1. The molecule has 0 aromatic carbocycles. The van der Waals surface area contributed by atoms with Crippen LogP contribution >= 0.6 is 0 Å². The maximum absolute atomic E-state index is 11.8. The second-order valence-corrected chi connectivity index (χ2v) is 6.80. The van der Waals surface area contributed by atoms with Crippen molar-refractivity contribution in [1.82, 2.24) is 0 Å². The fourth-order valence-electron chi connectivity index (χ4n) is 2.67. The van der Waals surface area contributed by atoms with Gasteiger partial charge in [0.05, 0.1) is 0 Å². The molecular formula is C20H38O3. The Morgan fingerprint density at radius 1 is 0.870 bits per heavy atom. The molecule has 0 aliphatic carbocycles. The van der Waals surface area contributed by atoms with Crippen molar-refractivity contribution >= 4 is 5.97 Å². The summed E-state index contributed by atoms with van der Waals surface area (Å²) in [6, 6.07) is 0. The molecule has 0 spiro atoms. The minimum Gasteiger partial charge on any atom is -0.430 e. The smallest absolute Gasteiger partial charge is 0.335 e. The van der Waals surface area contributed by atoms with Crippen LogP contribution in [0.4, 0.5) is 0 Å². The van der Waals surface area contributed by atoms with Crippen molar-refractivity contribution in [2.24, 2.45) is 0 Å². The number of hydrogen-bond donors (Lipinski definition) is 1. The van der Waals surface area contributed by atoms with Gasteiger partial charge in [-0.2, -0.15) is 0 Å². The largest absolute Gasteiger partial charge is 0.430 e. The van der Waals surface area contributed by atoms with Gasteiger partial charge in [0.15, 0.2) is 0 Å². The van der Waals surface area contributed by atoms with Gasteiger partial charge < -0.3 is 9.84 Å². The van der Waals surface area contributed by atoms with E-state index in [9.17, 15) is 9.90 Å². The highest BCUT2D eigenvalue weighted by atomic mass is 16.7. The zero-order chi connectivity index (χ0) is 17.6. The van der Waals surface area contributed by atoms with Crippen molar-refractivity contribution in [3.8, 4) is 0 Å². The van der Waals surface area contributed by atoms with Crippen molar-refractivity contribution in [1.29, 1.82) is 0 Å². The van der Waals surface area contributed by atoms with Crippen molar-refractivity contribution in [2.75, 3.05) is 0 Å². The summed E-state index contributed by atoms with van der Waals surface area (Å²) in [6.45, 7) is 9.60. The first-order valence-corrected chi connectivity index (χ1v) is 9.56. The van der Waals surface area contributed by atoms with E-state index in [1.54, 1.807) is 6.92 Å². The highest BCUT2D eigenvalue weighted by molar-refractivity contribution is 5.87. The third-order valence-corrected chi connectivity index (χ3v) is 4.22. The summed E-state index contributed by atoms with van der Waals surface area (Å²) in [4.78, 5) is 11.8. The SMILES string of the molecule is C=C(C)C(=O)OC(O)(CCCCCC)CCCCCCCCC. The van der Waals surface area contributed by atoms with Crippen LogP contribution in [0, 0.1) is 0 Å². The number of carbonyl (C=O) groups excluding carboxylic acids is 1. The standard InChI is InChI=1S/C20H38O3/c1-5-7-9-11-12-13-15-17-20(22,16-14-10-8-6-2)23-19(21)18(3)4/h22H,3,5-17H2,1-2,4H3. The average molecular weight is 327 g/mol. The molecule has 3 nitrogen and oxygen atoms in total. The molecule has 0 bridgehead atoms. The number of carbonyl (C=O) groups is 1. The lowest BCUT2D eigenvalue weighted by atomic mass is 9.99. The van der Waals surface area contributed by atoms with Gasteiger partial charge in [-0.15, -0.1) is 0 Å². The summed E-state index contributed by atoms with van der Waals surface area (Å²) in [5, 5.41) is 10.7. The average Bonchev–Trinajstić information content (AvgIpc) is 2.50. The molecule has 0 radical (unpaired) electrons. The van der Waals surface area contributed by atoms with E-state index in [1.165, 1.54) is 32.1 Å². The van der Waals surface area contributed by atoms with Crippen molar-refractivity contribution in [3.63, 3.8) is 0 Å². The second kappa shape index (κ2) is 13.6. The summed E-state index contributed by atoms with van der Waals surface area (Å²) < 4.78 is 5.34. The Hall–Kier alpha value is -0.830. The van der Waals surface area contributed by atoms with Crippen LogP contribution in [0.2, 0.25) is 0 Å². The molecule has 0 fully saturated rings. The summed E-state index contributed by atoms with van der Waals surface area (Å²) >= 11 is 0. The van der Waals surface area contributed by atoms with Gasteiger partial charge in [0, 0.05) is 18.4 Å². The first kappa shape index (κ1) is 22.2. The lowest BCUT2D eigenvalue weighted by Gasteiger charge is -2.28. The van der Waals surface area contributed by atoms with Crippen LogP contribution in [0.3, 0.4) is 0 Å². The highest BCUT2D eigenvalue weighted by Crippen LogP contribution is 2.25. The minimum atomic E-state index is -1.31. The van der Waals surface area contributed by atoms with Crippen LogP contribution in [0.15, 0.2) is 12.2 Å². The van der Waals surface area contributed by atoms with Gasteiger partial charge in [-0.3, -0.25) is 0 Å². The molecular weight excluding hydrogens is 288 g/mol. The molecule has 1 atom stereocenters. The quantitative estimate of drug-likeness (QED) is 0.176. The molecule has 0 heterocycles. The zero-order valence-corrected chi connectivity index (χ0v) is 15.7. The zero-order valence-electron chi connectivity index (χ0n) is 15.7. The molecule has 0 aromatic rings. The van der Waals surface area contributed by atoms with E-state index < -0.39 is 11.8 Å². The minimum absolute atomic E-state index is 0.344. The number of ether oxygens (including phenoxy) is 1. The van der Waals surface area contributed by atoms with Gasteiger partial charge in [-0.05, 0) is 19.8 Å². The third-order valence-electron chi connectivity index (χ3n) is 4.22. The molecule has 1 unspecified atom stereocenters. The van der Waals surface area contributed by atoms with Crippen LogP contribution in [0.5, 0.6) is 0 Å². The van der Waals surface area contributed by atoms with Crippen LogP contribution in [0.25, 0.3) is 0 Å². The maximum atomic E-state index is 11.8. The second-order valence-electron chi connectivity index (χ2n) is 6.80. The fraction of sp³-hybridized carbons (Fsp3) is 0.850. The number of hydrogen-bond acceptors (Lipinski definition) is 3. The van der Waals surface area contributed by atoms with Crippen molar-refractivity contribution < 1.29 is 14.6 Å². The lowest BCUT2D eigenvalue weighted by Crippen LogP contribution is -2.35. The molecule has 0 amide bonds. The highest BCUT2D eigenvalue weighted by Gasteiger charge is 2.30. The van der Waals surface area contributed by atoms with E-state index in [2.05, 4.69) is 20.4 Å². The first-order chi connectivity index (χ1) is 10.9. The molecule has 0 aliphatic heterocycles. The molecule has 0 aromatic heterocycles. The molecule has 0 rings (SSSR count). The van der Waals surface area contributed by atoms with Crippen LogP contribution in [-0.2, 0) is 9.53 Å². The van der Waals surface area contributed by atoms with Crippen molar-refractivity contribution in [3.05, 3.63) is 12.2 Å². The fourth-order valence-corrected chi connectivity index (χ4v) is 2.67. The van der Waals surface area contributed by atoms with Crippen molar-refractivity contribution in [2.45, 2.75) is 110 Å². The Labute approximate surface area is 143 Å². The van der Waals surface area contributed by atoms with E-state index in [1.807, 2.05) is 0 Å². The van der Waals surface area contributed by atoms with Gasteiger partial charge >= 0.3 is 5.97 Å². The number of aliphatic hydroxyl groups is 1. The van der Waals surface area contributed by atoms with Gasteiger partial charge in [-0.25, -0.2) is 4.79 Å². The van der Waals surface area contributed by atoms with E-state index in [4.69, 9.17) is 4.74 Å². The number of rotatable bonds is 15. The van der Waals surface area contributed by atoms with E-state index in [0.29, 0.717) is 18.4 Å². The van der Waals surface area contributed by atoms with E-state index >= 15 is 0 Å². The summed E-state index contributed by atoms with van der Waals surface area (Å²) in [5.74, 6) is -1.79. The topological polar surface area (TPSA) is 46.5 Å². The maximum Gasteiger partial charge on any atom is 0.335 e. The molecule has 23 heavy (non-hydrogen) atoms. The molecule has 1 N–H and O–H groups in total. The molecule has 0 saturated carbocycles. The van der Waals surface area contributed by atoms with Crippen LogP contribution < -0.4 is 0 Å². The molecule has 136 valence electrons. The molecule has 0 aliphatic rings. The first-order valence-electron chi connectivity index (χ1n) is 9.56. The third kappa shape index (κ3) is 12.3. The van der Waals surface area contributed by atoms with E-state index in [-0.39, 0.29) is 0 Å². The van der Waals surface area contributed by atoms with Crippen LogP contribution in [-0.4, -0.2) is 16.9 Å². The Balaban J connectivity index is 4.19. The summed E-state index contributed by atoms with van der Waals surface area (Å²) in [6.07, 6.45) is 13.6. The van der Waals surface area contributed by atoms with E-state index in [0.717, 1.165) is 38.5 Å². The normalized spacial score (nSPS) is 13.6. The number of unbranched alkanes of at least 4 members (excludes halogenated alkanes) is 9. The van der Waals surface area contributed by atoms with Crippen LogP contribution in [0.1, 0.15) is 104 Å². The van der Waals surface area contributed by atoms with Gasteiger partial charge in [0.1, 0.15) is 0 Å². The molecule has 0 saturated heterocycles. The monoisotopic (exact) mass is 326 g/mol. The Kier molecular flexibility index (Phi) is 13.1. The summed E-state index contributed by atoms with van der Waals surface area (Å²) in [5.41, 5.74) is 0.344. The van der Waals surface area contributed by atoms with Gasteiger partial charge in [0.2, 0.25) is 5.79 Å². The predicted octanol–water partition coefficient (Wildman–Crippen LogP) is 5.91. The lowest BCUT2D eigenvalue weighted by molar-refractivity contribution is -0.211. The predicted molar refractivity (Wildman–Crippen MR) is 97.2 cm³/mol. The Morgan fingerprint density at radius 2 is 1.26 bits per heavy atom. The summed E-state index contributed by atoms with van der Waals surface area (Å²) in [7, 11) is 0. The van der Waals surface area contributed by atoms with Gasteiger partial charge in [0.25, 0.3) is 0 Å². The molecule has 3 heteroatoms.